The molecule has 4 rings (SSSR count). The van der Waals surface area contributed by atoms with E-state index in [0.29, 0.717) is 17.9 Å². The fourth-order valence-corrected chi connectivity index (χ4v) is 3.05. The first-order valence-corrected chi connectivity index (χ1v) is 8.24. The van der Waals surface area contributed by atoms with E-state index in [-0.39, 0.29) is 0 Å². The van der Waals surface area contributed by atoms with Crippen LogP contribution in [-0.4, -0.2) is 37.9 Å². The van der Waals surface area contributed by atoms with Crippen LogP contribution in [0.3, 0.4) is 0 Å². The fraction of sp³-hybridized carbons (Fsp3) is 0.389. The molecule has 0 atom stereocenters. The van der Waals surface area contributed by atoms with Gasteiger partial charge < -0.3 is 9.42 Å². The van der Waals surface area contributed by atoms with Gasteiger partial charge in [-0.25, -0.2) is 0 Å². The minimum absolute atomic E-state index is 0.305. The first-order chi connectivity index (χ1) is 11.5. The zero-order chi connectivity index (χ0) is 16.8. The summed E-state index contributed by atoms with van der Waals surface area (Å²) in [4.78, 5) is 6.81. The molecular weight excluding hydrogens is 302 g/mol. The van der Waals surface area contributed by atoms with Crippen LogP contribution >= 0.6 is 0 Å². The van der Waals surface area contributed by atoms with Crippen LogP contribution in [0.5, 0.6) is 0 Å². The Morgan fingerprint density at radius 3 is 2.83 bits per heavy atom. The lowest BCUT2D eigenvalue weighted by Gasteiger charge is -2.39. The number of benzene rings is 1. The van der Waals surface area contributed by atoms with Crippen LogP contribution in [0.1, 0.15) is 38.6 Å². The molecule has 0 amide bonds. The van der Waals surface area contributed by atoms with Crippen LogP contribution in [0, 0.1) is 0 Å². The molecule has 0 saturated carbocycles. The third kappa shape index (κ3) is 2.38. The summed E-state index contributed by atoms with van der Waals surface area (Å²) in [6.07, 6.45) is 1.89. The van der Waals surface area contributed by atoms with Gasteiger partial charge in [0.15, 0.2) is 5.82 Å². The average Bonchev–Trinajstić information content (AvgIpc) is 3.10. The van der Waals surface area contributed by atoms with Crippen LogP contribution in [-0.2, 0) is 0 Å². The number of likely N-dealkylation sites (tertiary alicyclic amines) is 1. The van der Waals surface area contributed by atoms with Gasteiger partial charge in [-0.05, 0) is 32.9 Å². The highest BCUT2D eigenvalue weighted by Gasteiger charge is 2.31. The summed E-state index contributed by atoms with van der Waals surface area (Å²) >= 11 is 0. The SMILES string of the molecule is C=C(C)N1CC(c2noc(-c3ccc4cnn(C(C)C)c4c3)n2)C1. The zero-order valence-electron chi connectivity index (χ0n) is 14.2. The number of aromatic nitrogens is 4. The first kappa shape index (κ1) is 14.9. The number of fused-ring (bicyclic) bond motifs is 1. The van der Waals surface area contributed by atoms with E-state index < -0.39 is 0 Å². The Morgan fingerprint density at radius 1 is 1.33 bits per heavy atom. The van der Waals surface area contributed by atoms with Crippen molar-refractivity contribution < 1.29 is 4.52 Å². The fourth-order valence-electron chi connectivity index (χ4n) is 3.05. The Bertz CT molecular complexity index is 901. The van der Waals surface area contributed by atoms with Crippen LogP contribution in [0.4, 0.5) is 0 Å². The highest BCUT2D eigenvalue weighted by Crippen LogP contribution is 2.30. The summed E-state index contributed by atoms with van der Waals surface area (Å²) < 4.78 is 7.50. The molecule has 1 fully saturated rings. The Kier molecular flexibility index (Phi) is 3.40. The average molecular weight is 323 g/mol. The molecule has 2 aromatic heterocycles. The largest absolute Gasteiger partial charge is 0.374 e. The Labute approximate surface area is 140 Å². The van der Waals surface area contributed by atoms with E-state index in [2.05, 4.69) is 46.6 Å². The van der Waals surface area contributed by atoms with E-state index in [4.69, 9.17) is 4.52 Å². The number of allylic oxidation sites excluding steroid dienone is 1. The van der Waals surface area contributed by atoms with Gasteiger partial charge in [0.1, 0.15) is 0 Å². The van der Waals surface area contributed by atoms with Gasteiger partial charge in [-0.2, -0.15) is 10.1 Å². The lowest BCUT2D eigenvalue weighted by molar-refractivity contribution is 0.190. The van der Waals surface area contributed by atoms with E-state index in [1.165, 1.54) is 0 Å². The molecule has 1 saturated heterocycles. The van der Waals surface area contributed by atoms with Crippen molar-refractivity contribution in [2.24, 2.45) is 0 Å². The highest BCUT2D eigenvalue weighted by molar-refractivity contribution is 5.83. The second kappa shape index (κ2) is 5.47. The molecule has 3 aromatic rings. The molecule has 1 aliphatic heterocycles. The van der Waals surface area contributed by atoms with Gasteiger partial charge in [-0.1, -0.05) is 17.8 Å². The van der Waals surface area contributed by atoms with Gasteiger partial charge in [0.05, 0.1) is 17.6 Å². The minimum atomic E-state index is 0.305. The van der Waals surface area contributed by atoms with Gasteiger partial charge in [-0.3, -0.25) is 4.68 Å². The molecule has 0 radical (unpaired) electrons. The molecule has 0 unspecified atom stereocenters. The third-order valence-corrected chi connectivity index (χ3v) is 4.56. The quantitative estimate of drug-likeness (QED) is 0.734. The monoisotopic (exact) mass is 323 g/mol. The molecule has 124 valence electrons. The maximum absolute atomic E-state index is 5.50. The second-order valence-corrected chi connectivity index (χ2v) is 6.75. The van der Waals surface area contributed by atoms with Crippen LogP contribution in [0.15, 0.2) is 41.2 Å². The maximum Gasteiger partial charge on any atom is 0.258 e. The van der Waals surface area contributed by atoms with Crippen molar-refractivity contribution in [1.29, 1.82) is 0 Å². The molecule has 0 spiro atoms. The van der Waals surface area contributed by atoms with Crippen molar-refractivity contribution in [2.75, 3.05) is 13.1 Å². The van der Waals surface area contributed by atoms with Crippen molar-refractivity contribution in [3.63, 3.8) is 0 Å². The molecule has 24 heavy (non-hydrogen) atoms. The summed E-state index contributed by atoms with van der Waals surface area (Å²) in [6, 6.07) is 6.43. The Hall–Kier alpha value is -2.63. The van der Waals surface area contributed by atoms with E-state index in [9.17, 15) is 0 Å². The smallest absolute Gasteiger partial charge is 0.258 e. The highest BCUT2D eigenvalue weighted by atomic mass is 16.5. The molecule has 6 heteroatoms. The van der Waals surface area contributed by atoms with E-state index in [0.717, 1.165) is 41.1 Å². The van der Waals surface area contributed by atoms with Crippen molar-refractivity contribution in [3.05, 3.63) is 42.5 Å². The van der Waals surface area contributed by atoms with Crippen LogP contribution < -0.4 is 0 Å². The van der Waals surface area contributed by atoms with Crippen molar-refractivity contribution in [1.82, 2.24) is 24.8 Å². The van der Waals surface area contributed by atoms with Gasteiger partial charge in [0.25, 0.3) is 5.89 Å². The summed E-state index contributed by atoms with van der Waals surface area (Å²) in [5.74, 6) is 1.67. The van der Waals surface area contributed by atoms with Crippen molar-refractivity contribution >= 4 is 10.9 Å². The number of nitrogens with zero attached hydrogens (tertiary/aromatic N) is 5. The third-order valence-electron chi connectivity index (χ3n) is 4.56. The summed E-state index contributed by atoms with van der Waals surface area (Å²) in [5.41, 5.74) is 3.10. The van der Waals surface area contributed by atoms with Crippen LogP contribution in [0.25, 0.3) is 22.4 Å². The van der Waals surface area contributed by atoms with Crippen LogP contribution in [0.2, 0.25) is 0 Å². The van der Waals surface area contributed by atoms with Gasteiger partial charge >= 0.3 is 0 Å². The molecule has 0 aliphatic carbocycles. The Balaban J connectivity index is 1.61. The van der Waals surface area contributed by atoms with Gasteiger partial charge in [0, 0.05) is 35.8 Å². The normalized spacial score (nSPS) is 15.2. The topological polar surface area (TPSA) is 60.0 Å². The van der Waals surface area contributed by atoms with E-state index >= 15 is 0 Å². The standard InChI is InChI=1S/C18H21N5O/c1-11(2)22-9-15(10-22)17-20-18(24-21-17)13-5-6-14-8-19-23(12(3)4)16(14)7-13/h5-8,12,15H,1,9-10H2,2-4H3. The van der Waals surface area contributed by atoms with Crippen molar-refractivity contribution in [2.45, 2.75) is 32.7 Å². The lowest BCUT2D eigenvalue weighted by Crippen LogP contribution is -2.43. The summed E-state index contributed by atoms with van der Waals surface area (Å²) in [5, 5.41) is 9.73. The number of rotatable bonds is 4. The number of hydrogen-bond acceptors (Lipinski definition) is 5. The molecule has 3 heterocycles. The molecule has 6 nitrogen and oxygen atoms in total. The predicted molar refractivity (Wildman–Crippen MR) is 92.5 cm³/mol. The first-order valence-electron chi connectivity index (χ1n) is 8.24. The minimum Gasteiger partial charge on any atom is -0.374 e. The maximum atomic E-state index is 5.50. The van der Waals surface area contributed by atoms with E-state index in [1.54, 1.807) is 0 Å². The molecule has 1 aliphatic rings. The summed E-state index contributed by atoms with van der Waals surface area (Å²) in [6.45, 7) is 12.0. The zero-order valence-corrected chi connectivity index (χ0v) is 14.2. The Morgan fingerprint density at radius 2 is 2.12 bits per heavy atom. The molecular formula is C18H21N5O. The van der Waals surface area contributed by atoms with Crippen molar-refractivity contribution in [3.8, 4) is 11.5 Å². The lowest BCUT2D eigenvalue weighted by atomic mass is 9.99. The second-order valence-electron chi connectivity index (χ2n) is 6.75. The van der Waals surface area contributed by atoms with Gasteiger partial charge in [-0.15, -0.1) is 0 Å². The number of hydrogen-bond donors (Lipinski definition) is 0. The molecule has 0 bridgehead atoms. The van der Waals surface area contributed by atoms with E-state index in [1.807, 2.05) is 29.9 Å². The van der Waals surface area contributed by atoms with Gasteiger partial charge in [0.2, 0.25) is 0 Å². The molecule has 1 aromatic carbocycles. The predicted octanol–water partition coefficient (Wildman–Crippen LogP) is 3.60. The molecule has 0 N–H and O–H groups in total. The summed E-state index contributed by atoms with van der Waals surface area (Å²) in [7, 11) is 0.